The van der Waals surface area contributed by atoms with Crippen molar-refractivity contribution < 1.29 is 4.79 Å². The molecule has 5 nitrogen and oxygen atoms in total. The maximum Gasteiger partial charge on any atom is 0.232 e. The molecule has 7 heteroatoms. The van der Waals surface area contributed by atoms with Gasteiger partial charge in [-0.1, -0.05) is 29.8 Å². The summed E-state index contributed by atoms with van der Waals surface area (Å²) in [5.41, 5.74) is 4.56. The van der Waals surface area contributed by atoms with E-state index in [2.05, 4.69) is 15.0 Å². The van der Waals surface area contributed by atoms with Crippen LogP contribution in [0.15, 0.2) is 54.2 Å². The fraction of sp³-hybridized carbons (Fsp3) is 0.105. The summed E-state index contributed by atoms with van der Waals surface area (Å²) in [4.78, 5) is 26.1. The first kappa shape index (κ1) is 16.8. The quantitative estimate of drug-likeness (QED) is 0.563. The van der Waals surface area contributed by atoms with E-state index in [0.29, 0.717) is 16.6 Å². The van der Waals surface area contributed by atoms with Crippen LogP contribution in [0.25, 0.3) is 22.3 Å². The fourth-order valence-electron chi connectivity index (χ4n) is 2.66. The molecule has 0 spiro atoms. The summed E-state index contributed by atoms with van der Waals surface area (Å²) < 4.78 is 0. The van der Waals surface area contributed by atoms with Gasteiger partial charge >= 0.3 is 0 Å². The number of imidazole rings is 1. The number of nitrogens with one attached hydrogen (secondary N) is 1. The van der Waals surface area contributed by atoms with Crippen molar-refractivity contribution in [2.75, 3.05) is 11.9 Å². The lowest BCUT2D eigenvalue weighted by Gasteiger charge is -2.13. The van der Waals surface area contributed by atoms with Crippen LogP contribution in [0.2, 0.25) is 5.02 Å². The van der Waals surface area contributed by atoms with Crippen LogP contribution in [0.5, 0.6) is 0 Å². The van der Waals surface area contributed by atoms with Crippen LogP contribution in [-0.4, -0.2) is 27.9 Å². The minimum atomic E-state index is -0.0131. The van der Waals surface area contributed by atoms with Gasteiger partial charge in [0.05, 0.1) is 29.5 Å². The second-order valence-corrected chi connectivity index (χ2v) is 7.18. The molecular formula is C19H15ClN4OS. The van der Waals surface area contributed by atoms with Gasteiger partial charge in [-0.2, -0.15) is 0 Å². The molecule has 0 aliphatic rings. The molecule has 1 amide bonds. The number of hydrogen-bond acceptors (Lipinski definition) is 4. The summed E-state index contributed by atoms with van der Waals surface area (Å²) in [6.07, 6.45) is 1.96. The monoisotopic (exact) mass is 382 g/mol. The summed E-state index contributed by atoms with van der Waals surface area (Å²) in [5.74, 6) is -0.0131. The van der Waals surface area contributed by atoms with Crippen LogP contribution < -0.4 is 4.90 Å². The van der Waals surface area contributed by atoms with Crippen molar-refractivity contribution in [3.63, 3.8) is 0 Å². The van der Waals surface area contributed by atoms with Crippen LogP contribution in [0.1, 0.15) is 5.56 Å². The first-order chi connectivity index (χ1) is 12.6. The molecule has 0 radical (unpaired) electrons. The van der Waals surface area contributed by atoms with Crippen LogP contribution in [-0.2, 0) is 11.2 Å². The number of carbonyl (C=O) groups excluding carboxylic acids is 1. The molecule has 0 saturated heterocycles. The lowest BCUT2D eigenvalue weighted by atomic mass is 10.1. The number of nitrogens with zero attached hydrogens (tertiary/aromatic N) is 3. The summed E-state index contributed by atoms with van der Waals surface area (Å²) >= 11 is 7.37. The lowest BCUT2D eigenvalue weighted by molar-refractivity contribution is -0.117. The number of halogens is 1. The zero-order chi connectivity index (χ0) is 18.1. The topological polar surface area (TPSA) is 61.9 Å². The Morgan fingerprint density at radius 1 is 1.23 bits per heavy atom. The van der Waals surface area contributed by atoms with Gasteiger partial charge < -0.3 is 4.98 Å². The standard InChI is InChI=1S/C19H15ClN4OS/c1-24(18(25)9-12-2-7-15-16(8-12)22-11-21-15)19-23-17(10-26-19)13-3-5-14(20)6-4-13/h2-8,10-11H,9H2,1H3,(H,21,22). The van der Waals surface area contributed by atoms with Crippen molar-refractivity contribution >= 4 is 45.0 Å². The molecule has 4 aromatic rings. The third kappa shape index (κ3) is 3.34. The summed E-state index contributed by atoms with van der Waals surface area (Å²) in [6, 6.07) is 13.3. The molecule has 4 rings (SSSR count). The summed E-state index contributed by atoms with van der Waals surface area (Å²) in [5, 5.41) is 3.30. The number of fused-ring (bicyclic) bond motifs is 1. The van der Waals surface area contributed by atoms with Gasteiger partial charge in [-0.3, -0.25) is 9.69 Å². The summed E-state index contributed by atoms with van der Waals surface area (Å²) in [7, 11) is 1.75. The molecule has 0 aliphatic heterocycles. The van der Waals surface area contributed by atoms with Crippen molar-refractivity contribution in [1.82, 2.24) is 15.0 Å². The van der Waals surface area contributed by atoms with Crippen molar-refractivity contribution in [2.24, 2.45) is 0 Å². The van der Waals surface area contributed by atoms with Gasteiger partial charge in [-0.05, 0) is 29.8 Å². The molecule has 2 heterocycles. The molecule has 0 unspecified atom stereocenters. The van der Waals surface area contributed by atoms with E-state index in [4.69, 9.17) is 11.6 Å². The number of thiazole rings is 1. The van der Waals surface area contributed by atoms with Gasteiger partial charge in [0, 0.05) is 23.0 Å². The number of aromatic nitrogens is 3. The molecule has 0 aliphatic carbocycles. The Morgan fingerprint density at radius 2 is 2.04 bits per heavy atom. The SMILES string of the molecule is CN(C(=O)Cc1ccc2nc[nH]c2c1)c1nc(-c2ccc(Cl)cc2)cs1. The van der Waals surface area contributed by atoms with E-state index in [1.165, 1.54) is 11.3 Å². The van der Waals surface area contributed by atoms with E-state index in [9.17, 15) is 4.79 Å². The minimum absolute atomic E-state index is 0.0131. The normalized spacial score (nSPS) is 11.0. The maximum absolute atomic E-state index is 12.6. The Hall–Kier alpha value is -2.70. The Morgan fingerprint density at radius 3 is 2.85 bits per heavy atom. The molecule has 0 fully saturated rings. The molecule has 0 atom stereocenters. The van der Waals surface area contributed by atoms with E-state index in [1.807, 2.05) is 47.8 Å². The Bertz CT molecular complexity index is 1070. The number of hydrogen-bond donors (Lipinski definition) is 1. The van der Waals surface area contributed by atoms with Gasteiger partial charge in [0.1, 0.15) is 0 Å². The zero-order valence-electron chi connectivity index (χ0n) is 13.9. The Labute approximate surface area is 159 Å². The Kier molecular flexibility index (Phi) is 4.44. The molecule has 1 N–H and O–H groups in total. The highest BCUT2D eigenvalue weighted by atomic mass is 35.5. The minimum Gasteiger partial charge on any atom is -0.345 e. The average molecular weight is 383 g/mol. The number of amides is 1. The Balaban J connectivity index is 1.50. The second-order valence-electron chi connectivity index (χ2n) is 5.91. The van der Waals surface area contributed by atoms with Crippen LogP contribution in [0, 0.1) is 0 Å². The number of anilines is 1. The van der Waals surface area contributed by atoms with Gasteiger partial charge in [0.15, 0.2) is 5.13 Å². The predicted molar refractivity (Wildman–Crippen MR) is 106 cm³/mol. The van der Waals surface area contributed by atoms with Gasteiger partial charge in [-0.15, -0.1) is 11.3 Å². The van der Waals surface area contributed by atoms with E-state index >= 15 is 0 Å². The molecule has 2 aromatic carbocycles. The average Bonchev–Trinajstić information content (AvgIpc) is 3.30. The fourth-order valence-corrected chi connectivity index (χ4v) is 3.61. The number of rotatable bonds is 4. The van der Waals surface area contributed by atoms with Crippen LogP contribution in [0.4, 0.5) is 5.13 Å². The number of carbonyl (C=O) groups is 1. The third-order valence-corrected chi connectivity index (χ3v) is 5.30. The largest absolute Gasteiger partial charge is 0.345 e. The third-order valence-electron chi connectivity index (χ3n) is 4.13. The zero-order valence-corrected chi connectivity index (χ0v) is 15.5. The van der Waals surface area contributed by atoms with Crippen molar-refractivity contribution in [1.29, 1.82) is 0 Å². The van der Waals surface area contributed by atoms with Crippen LogP contribution in [0.3, 0.4) is 0 Å². The first-order valence-corrected chi connectivity index (χ1v) is 9.26. The number of H-pyrrole nitrogens is 1. The highest BCUT2D eigenvalue weighted by Crippen LogP contribution is 2.28. The lowest BCUT2D eigenvalue weighted by Crippen LogP contribution is -2.27. The number of benzene rings is 2. The molecular weight excluding hydrogens is 368 g/mol. The van der Waals surface area contributed by atoms with Crippen LogP contribution >= 0.6 is 22.9 Å². The number of likely N-dealkylation sites (N-methyl/N-ethyl adjacent to an activating group) is 1. The number of aromatic amines is 1. The van der Waals surface area contributed by atoms with E-state index in [1.54, 1.807) is 18.3 Å². The van der Waals surface area contributed by atoms with Gasteiger partial charge in [-0.25, -0.2) is 9.97 Å². The molecule has 0 bridgehead atoms. The molecule has 2 aromatic heterocycles. The smallest absolute Gasteiger partial charge is 0.232 e. The molecule has 130 valence electrons. The van der Waals surface area contributed by atoms with E-state index in [0.717, 1.165) is 27.9 Å². The van der Waals surface area contributed by atoms with E-state index < -0.39 is 0 Å². The highest BCUT2D eigenvalue weighted by molar-refractivity contribution is 7.14. The highest BCUT2D eigenvalue weighted by Gasteiger charge is 2.16. The van der Waals surface area contributed by atoms with E-state index in [-0.39, 0.29) is 5.91 Å². The summed E-state index contributed by atoms with van der Waals surface area (Å²) in [6.45, 7) is 0. The second kappa shape index (κ2) is 6.90. The predicted octanol–water partition coefficient (Wildman–Crippen LogP) is 4.55. The van der Waals surface area contributed by atoms with Crippen molar-refractivity contribution in [3.8, 4) is 11.3 Å². The maximum atomic E-state index is 12.6. The van der Waals surface area contributed by atoms with Crippen molar-refractivity contribution in [3.05, 3.63) is 64.8 Å². The first-order valence-electron chi connectivity index (χ1n) is 8.00. The van der Waals surface area contributed by atoms with Gasteiger partial charge in [0.2, 0.25) is 5.91 Å². The molecule has 0 saturated carbocycles. The molecule has 26 heavy (non-hydrogen) atoms. The van der Waals surface area contributed by atoms with Crippen molar-refractivity contribution in [2.45, 2.75) is 6.42 Å². The van der Waals surface area contributed by atoms with Gasteiger partial charge in [0.25, 0.3) is 0 Å².